The van der Waals surface area contributed by atoms with Gasteiger partial charge in [0, 0.05) is 25.5 Å². The number of hydrogen-bond donors (Lipinski definition) is 0. The molecule has 1 aromatic carbocycles. The first-order chi connectivity index (χ1) is 14.1. The minimum absolute atomic E-state index is 0.0927. The van der Waals surface area contributed by atoms with Crippen molar-refractivity contribution in [3.8, 4) is 5.75 Å². The van der Waals surface area contributed by atoms with Crippen molar-refractivity contribution >= 4 is 5.97 Å². The summed E-state index contributed by atoms with van der Waals surface area (Å²) in [6.07, 6.45) is 12.3. The number of rotatable bonds is 14. The number of benzene rings is 1. The number of carbonyl (C=O) groups is 1. The van der Waals surface area contributed by atoms with Gasteiger partial charge in [-0.25, -0.2) is 4.79 Å². The van der Waals surface area contributed by atoms with Gasteiger partial charge in [0.15, 0.2) is 0 Å². The van der Waals surface area contributed by atoms with E-state index in [4.69, 9.17) is 14.2 Å². The molecule has 1 heterocycles. The summed E-state index contributed by atoms with van der Waals surface area (Å²) in [5.74, 6) is 0.293. The van der Waals surface area contributed by atoms with Crippen molar-refractivity contribution in [3.05, 3.63) is 42.0 Å². The Hall–Kier alpha value is -1.81. The topological polar surface area (TPSA) is 44.8 Å². The van der Waals surface area contributed by atoms with E-state index in [0.717, 1.165) is 25.9 Å². The molecule has 0 aliphatic carbocycles. The molecule has 0 saturated carbocycles. The number of esters is 1. The van der Waals surface area contributed by atoms with Crippen LogP contribution in [0.4, 0.5) is 0 Å². The number of aryl methyl sites for hydroxylation is 1. The summed E-state index contributed by atoms with van der Waals surface area (Å²) in [4.78, 5) is 12.2. The molecule has 2 atom stereocenters. The van der Waals surface area contributed by atoms with Gasteiger partial charge in [-0.3, -0.25) is 0 Å². The van der Waals surface area contributed by atoms with Crippen LogP contribution in [0.5, 0.6) is 5.75 Å². The molecule has 0 amide bonds. The molecule has 1 fully saturated rings. The molecule has 2 rings (SSSR count). The standard InChI is InChI=1S/C25H38O4/c1-4-5-6-7-8-9-10-12-22-14-16-23(17-15-22)28-21(3)29-25(26)20(2)19-24-13-11-18-27-24/h14-17,21,24H,2,4-13,18-19H2,1,3H3. The highest BCUT2D eigenvalue weighted by Crippen LogP contribution is 2.21. The van der Waals surface area contributed by atoms with E-state index in [2.05, 4.69) is 25.6 Å². The molecule has 0 radical (unpaired) electrons. The summed E-state index contributed by atoms with van der Waals surface area (Å²) in [5, 5.41) is 0. The van der Waals surface area contributed by atoms with Crippen molar-refractivity contribution < 1.29 is 19.0 Å². The maximum Gasteiger partial charge on any atom is 0.336 e. The Labute approximate surface area is 176 Å². The second kappa shape index (κ2) is 13.4. The molecule has 162 valence electrons. The fourth-order valence-corrected chi connectivity index (χ4v) is 3.63. The van der Waals surface area contributed by atoms with Crippen LogP contribution in [0.15, 0.2) is 36.4 Å². The van der Waals surface area contributed by atoms with Gasteiger partial charge in [0.1, 0.15) is 5.75 Å². The highest BCUT2D eigenvalue weighted by molar-refractivity contribution is 5.87. The van der Waals surface area contributed by atoms with Crippen molar-refractivity contribution in [1.82, 2.24) is 0 Å². The zero-order valence-corrected chi connectivity index (χ0v) is 18.3. The van der Waals surface area contributed by atoms with Gasteiger partial charge in [0.25, 0.3) is 0 Å². The van der Waals surface area contributed by atoms with Crippen molar-refractivity contribution in [3.63, 3.8) is 0 Å². The fraction of sp³-hybridized carbons (Fsp3) is 0.640. The van der Waals surface area contributed by atoms with E-state index in [0.29, 0.717) is 17.7 Å². The highest BCUT2D eigenvalue weighted by Gasteiger charge is 2.21. The predicted molar refractivity (Wildman–Crippen MR) is 117 cm³/mol. The first-order valence-electron chi connectivity index (χ1n) is 11.3. The Morgan fingerprint density at radius 2 is 1.83 bits per heavy atom. The van der Waals surface area contributed by atoms with Crippen molar-refractivity contribution in [2.24, 2.45) is 0 Å². The molecular formula is C25H38O4. The van der Waals surface area contributed by atoms with Gasteiger partial charge in [0.2, 0.25) is 6.29 Å². The van der Waals surface area contributed by atoms with E-state index in [-0.39, 0.29) is 6.10 Å². The molecule has 1 saturated heterocycles. The maximum absolute atomic E-state index is 12.2. The third-order valence-electron chi connectivity index (χ3n) is 5.35. The van der Waals surface area contributed by atoms with Crippen LogP contribution in [-0.2, 0) is 20.7 Å². The SMILES string of the molecule is C=C(CC1CCCO1)C(=O)OC(C)Oc1ccc(CCCCCCCCC)cc1. The van der Waals surface area contributed by atoms with Crippen LogP contribution in [0.3, 0.4) is 0 Å². The minimum atomic E-state index is -0.655. The summed E-state index contributed by atoms with van der Waals surface area (Å²) in [6.45, 7) is 8.58. The number of ether oxygens (including phenoxy) is 3. The summed E-state index contributed by atoms with van der Waals surface area (Å²) in [6, 6.07) is 8.08. The molecule has 0 bridgehead atoms. The average molecular weight is 403 g/mol. The monoisotopic (exact) mass is 402 g/mol. The van der Waals surface area contributed by atoms with E-state index in [1.165, 1.54) is 50.5 Å². The van der Waals surface area contributed by atoms with Gasteiger partial charge in [0.05, 0.1) is 6.10 Å². The lowest BCUT2D eigenvalue weighted by Gasteiger charge is -2.17. The van der Waals surface area contributed by atoms with Gasteiger partial charge in [-0.05, 0) is 43.4 Å². The first kappa shape index (κ1) is 23.5. The smallest absolute Gasteiger partial charge is 0.336 e. The Morgan fingerprint density at radius 1 is 1.14 bits per heavy atom. The van der Waals surface area contributed by atoms with Crippen LogP contribution in [0.25, 0.3) is 0 Å². The van der Waals surface area contributed by atoms with E-state index < -0.39 is 12.3 Å². The normalized spacial score (nSPS) is 17.1. The number of carbonyl (C=O) groups excluding carboxylic acids is 1. The molecule has 1 aromatic rings. The largest absolute Gasteiger partial charge is 0.455 e. The lowest BCUT2D eigenvalue weighted by atomic mass is 10.0. The second-order valence-corrected chi connectivity index (χ2v) is 8.05. The van der Waals surface area contributed by atoms with Gasteiger partial charge >= 0.3 is 5.97 Å². The van der Waals surface area contributed by atoms with Gasteiger partial charge in [-0.2, -0.15) is 0 Å². The third-order valence-corrected chi connectivity index (χ3v) is 5.35. The summed E-state index contributed by atoms with van der Waals surface area (Å²) in [7, 11) is 0. The van der Waals surface area contributed by atoms with Crippen molar-refractivity contribution in [2.75, 3.05) is 6.61 Å². The molecular weight excluding hydrogens is 364 g/mol. The quantitative estimate of drug-likeness (QED) is 0.157. The van der Waals surface area contributed by atoms with E-state index in [1.807, 2.05) is 12.1 Å². The molecule has 0 aromatic heterocycles. The fourth-order valence-electron chi connectivity index (χ4n) is 3.63. The molecule has 29 heavy (non-hydrogen) atoms. The van der Waals surface area contributed by atoms with Crippen molar-refractivity contribution in [1.29, 1.82) is 0 Å². The maximum atomic E-state index is 12.2. The molecule has 4 heteroatoms. The molecule has 0 spiro atoms. The molecule has 4 nitrogen and oxygen atoms in total. The Balaban J connectivity index is 1.63. The van der Waals surface area contributed by atoms with E-state index in [1.54, 1.807) is 6.92 Å². The number of hydrogen-bond acceptors (Lipinski definition) is 4. The first-order valence-corrected chi connectivity index (χ1v) is 11.3. The highest BCUT2D eigenvalue weighted by atomic mass is 16.7. The summed E-state index contributed by atoms with van der Waals surface area (Å²) >= 11 is 0. The van der Waals surface area contributed by atoms with Gasteiger partial charge in [-0.15, -0.1) is 0 Å². The van der Waals surface area contributed by atoms with Gasteiger partial charge < -0.3 is 14.2 Å². The van der Waals surface area contributed by atoms with Crippen LogP contribution < -0.4 is 4.74 Å². The van der Waals surface area contributed by atoms with E-state index in [9.17, 15) is 4.79 Å². The van der Waals surface area contributed by atoms with Crippen LogP contribution in [-0.4, -0.2) is 25.0 Å². The Morgan fingerprint density at radius 3 is 2.48 bits per heavy atom. The molecule has 0 N–H and O–H groups in total. The molecule has 1 aliphatic heterocycles. The third kappa shape index (κ3) is 9.49. The average Bonchev–Trinajstić information content (AvgIpc) is 3.21. The lowest BCUT2D eigenvalue weighted by Crippen LogP contribution is -2.23. The minimum Gasteiger partial charge on any atom is -0.455 e. The van der Waals surface area contributed by atoms with Crippen LogP contribution >= 0.6 is 0 Å². The van der Waals surface area contributed by atoms with Gasteiger partial charge in [-0.1, -0.05) is 64.2 Å². The number of unbranched alkanes of at least 4 members (excludes halogenated alkanes) is 6. The van der Waals surface area contributed by atoms with Crippen LogP contribution in [0.2, 0.25) is 0 Å². The van der Waals surface area contributed by atoms with Crippen LogP contribution in [0, 0.1) is 0 Å². The zero-order valence-electron chi connectivity index (χ0n) is 18.3. The summed E-state index contributed by atoms with van der Waals surface area (Å²) in [5.41, 5.74) is 1.76. The Bertz CT molecular complexity index is 602. The summed E-state index contributed by atoms with van der Waals surface area (Å²) < 4.78 is 16.6. The predicted octanol–water partition coefficient (Wildman–Crippen LogP) is 6.37. The lowest BCUT2D eigenvalue weighted by molar-refractivity contribution is -0.156. The van der Waals surface area contributed by atoms with Crippen molar-refractivity contribution in [2.45, 2.75) is 96.9 Å². The molecule has 2 unspecified atom stereocenters. The van der Waals surface area contributed by atoms with Crippen LogP contribution in [0.1, 0.15) is 83.6 Å². The second-order valence-electron chi connectivity index (χ2n) is 8.05. The Kier molecular flexibility index (Phi) is 10.9. The van der Waals surface area contributed by atoms with E-state index >= 15 is 0 Å². The zero-order chi connectivity index (χ0) is 20.9. The molecule has 1 aliphatic rings.